The molecular weight excluding hydrogens is 270 g/mol. The Morgan fingerprint density at radius 3 is 2.76 bits per heavy atom. The molecule has 0 unspecified atom stereocenters. The molecule has 2 rings (SSSR count). The van der Waals surface area contributed by atoms with E-state index in [1.807, 2.05) is 4.90 Å². The van der Waals surface area contributed by atoms with Gasteiger partial charge < -0.3 is 15.5 Å². The van der Waals surface area contributed by atoms with Crippen molar-refractivity contribution in [3.05, 3.63) is 18.0 Å². The van der Waals surface area contributed by atoms with E-state index in [0.29, 0.717) is 30.6 Å². The molecule has 2 heterocycles. The highest BCUT2D eigenvalue weighted by atomic mass is 16.2. The Kier molecular flexibility index (Phi) is 5.19. The zero-order chi connectivity index (χ0) is 15.2. The summed E-state index contributed by atoms with van der Waals surface area (Å²) < 4.78 is 0. The van der Waals surface area contributed by atoms with Crippen LogP contribution in [0.4, 0.5) is 4.79 Å². The third kappa shape index (κ3) is 4.21. The molecular formula is C14H23N5O2. The summed E-state index contributed by atoms with van der Waals surface area (Å²) in [5, 5.41) is 11.9. The van der Waals surface area contributed by atoms with Gasteiger partial charge >= 0.3 is 6.03 Å². The van der Waals surface area contributed by atoms with Gasteiger partial charge in [-0.15, -0.1) is 0 Å². The minimum Gasteiger partial charge on any atom is -0.349 e. The van der Waals surface area contributed by atoms with Crippen molar-refractivity contribution in [1.29, 1.82) is 0 Å². The maximum Gasteiger partial charge on any atom is 0.317 e. The highest BCUT2D eigenvalue weighted by Crippen LogP contribution is 2.22. The molecule has 0 radical (unpaired) electrons. The minimum atomic E-state index is -0.220. The molecule has 1 aromatic heterocycles. The Bertz CT molecular complexity index is 474. The van der Waals surface area contributed by atoms with E-state index in [4.69, 9.17) is 0 Å². The summed E-state index contributed by atoms with van der Waals surface area (Å²) in [6.07, 6.45) is 2.57. The average Bonchev–Trinajstić information content (AvgIpc) is 3.00. The Hall–Kier alpha value is -2.05. The first-order valence-electron chi connectivity index (χ1n) is 7.38. The van der Waals surface area contributed by atoms with Crippen LogP contribution in [0.2, 0.25) is 0 Å². The first-order valence-corrected chi connectivity index (χ1v) is 7.38. The molecule has 1 aliphatic heterocycles. The van der Waals surface area contributed by atoms with Gasteiger partial charge in [0.2, 0.25) is 0 Å². The predicted octanol–water partition coefficient (Wildman–Crippen LogP) is 0.827. The van der Waals surface area contributed by atoms with Gasteiger partial charge in [0.25, 0.3) is 5.91 Å². The number of rotatable bonds is 4. The summed E-state index contributed by atoms with van der Waals surface area (Å²) in [6.45, 7) is 6.81. The second kappa shape index (κ2) is 7.10. The summed E-state index contributed by atoms with van der Waals surface area (Å²) >= 11 is 0. The van der Waals surface area contributed by atoms with E-state index in [2.05, 4.69) is 34.7 Å². The number of aromatic amines is 1. The van der Waals surface area contributed by atoms with Crippen LogP contribution in [0.5, 0.6) is 0 Å². The van der Waals surface area contributed by atoms with Gasteiger partial charge in [-0.1, -0.05) is 13.8 Å². The molecule has 1 aromatic rings. The number of nitrogens with zero attached hydrogens (tertiary/aromatic N) is 2. The van der Waals surface area contributed by atoms with Crippen LogP contribution < -0.4 is 10.6 Å². The number of carbonyl (C=O) groups excluding carboxylic acids is 2. The topological polar surface area (TPSA) is 90.1 Å². The minimum absolute atomic E-state index is 0.0514. The predicted molar refractivity (Wildman–Crippen MR) is 78.8 cm³/mol. The lowest BCUT2D eigenvalue weighted by Crippen LogP contribution is -2.48. The average molecular weight is 293 g/mol. The smallest absolute Gasteiger partial charge is 0.317 e. The highest BCUT2D eigenvalue weighted by molar-refractivity contribution is 5.92. The van der Waals surface area contributed by atoms with E-state index in [-0.39, 0.29) is 11.9 Å². The molecule has 0 spiro atoms. The Morgan fingerprint density at radius 2 is 2.10 bits per heavy atom. The lowest BCUT2D eigenvalue weighted by Gasteiger charge is -2.35. The molecule has 1 saturated heterocycles. The zero-order valence-corrected chi connectivity index (χ0v) is 12.6. The van der Waals surface area contributed by atoms with Gasteiger partial charge in [0.15, 0.2) is 0 Å². The molecule has 0 saturated carbocycles. The molecule has 116 valence electrons. The normalized spacial score (nSPS) is 21.9. The third-order valence-electron chi connectivity index (χ3n) is 4.05. The van der Waals surface area contributed by atoms with Crippen molar-refractivity contribution < 1.29 is 9.59 Å². The summed E-state index contributed by atoms with van der Waals surface area (Å²) in [5.41, 5.74) is 0.417. The maximum absolute atomic E-state index is 12.0. The standard InChI is InChI=1S/C14H23N5O2/c1-10-4-8-19(9-11(10)2)14(21)16-7-6-15-13(20)12-3-5-17-18-12/h3,5,10-11H,4,6-9H2,1-2H3,(H,15,20)(H,16,21)(H,17,18)/t10-,11-/m1/s1. The first-order chi connectivity index (χ1) is 10.1. The second-order valence-electron chi connectivity index (χ2n) is 5.65. The van der Waals surface area contributed by atoms with E-state index in [1.54, 1.807) is 6.07 Å². The van der Waals surface area contributed by atoms with Crippen molar-refractivity contribution in [1.82, 2.24) is 25.7 Å². The number of likely N-dealkylation sites (tertiary alicyclic amines) is 1. The van der Waals surface area contributed by atoms with Crippen LogP contribution in [0, 0.1) is 11.8 Å². The lowest BCUT2D eigenvalue weighted by molar-refractivity contribution is 0.0948. The van der Waals surface area contributed by atoms with Gasteiger partial charge in [-0.2, -0.15) is 5.10 Å². The number of nitrogens with one attached hydrogen (secondary N) is 3. The van der Waals surface area contributed by atoms with Crippen LogP contribution in [-0.4, -0.2) is 53.2 Å². The summed E-state index contributed by atoms with van der Waals surface area (Å²) in [7, 11) is 0. The number of hydrogen-bond donors (Lipinski definition) is 3. The maximum atomic E-state index is 12.0. The largest absolute Gasteiger partial charge is 0.349 e. The van der Waals surface area contributed by atoms with Crippen molar-refractivity contribution in [2.24, 2.45) is 11.8 Å². The number of aromatic nitrogens is 2. The van der Waals surface area contributed by atoms with Crippen molar-refractivity contribution >= 4 is 11.9 Å². The van der Waals surface area contributed by atoms with Gasteiger partial charge in [-0.3, -0.25) is 9.89 Å². The van der Waals surface area contributed by atoms with Crippen LogP contribution in [0.1, 0.15) is 30.8 Å². The molecule has 3 amide bonds. The molecule has 1 fully saturated rings. The van der Waals surface area contributed by atoms with Gasteiger partial charge in [-0.05, 0) is 24.3 Å². The molecule has 7 heteroatoms. The third-order valence-corrected chi connectivity index (χ3v) is 4.05. The van der Waals surface area contributed by atoms with Crippen molar-refractivity contribution in [2.75, 3.05) is 26.2 Å². The Morgan fingerprint density at radius 1 is 1.33 bits per heavy atom. The van der Waals surface area contributed by atoms with E-state index in [1.165, 1.54) is 6.20 Å². The van der Waals surface area contributed by atoms with Crippen LogP contribution >= 0.6 is 0 Å². The summed E-state index contributed by atoms with van der Waals surface area (Å²) in [6, 6.07) is 1.55. The Labute approximate surface area is 124 Å². The summed E-state index contributed by atoms with van der Waals surface area (Å²) in [5.74, 6) is 0.981. The molecule has 0 aliphatic carbocycles. The fourth-order valence-electron chi connectivity index (χ4n) is 2.38. The van der Waals surface area contributed by atoms with Gasteiger partial charge in [-0.25, -0.2) is 4.79 Å². The van der Waals surface area contributed by atoms with Gasteiger partial charge in [0, 0.05) is 32.4 Å². The number of urea groups is 1. The van der Waals surface area contributed by atoms with Crippen LogP contribution in [0.15, 0.2) is 12.3 Å². The number of piperidine rings is 1. The molecule has 1 aliphatic rings. The van der Waals surface area contributed by atoms with Crippen LogP contribution in [-0.2, 0) is 0 Å². The van der Waals surface area contributed by atoms with Crippen molar-refractivity contribution in [3.8, 4) is 0 Å². The first kappa shape index (κ1) is 15.3. The fraction of sp³-hybridized carbons (Fsp3) is 0.643. The molecule has 3 N–H and O–H groups in total. The second-order valence-corrected chi connectivity index (χ2v) is 5.65. The molecule has 0 bridgehead atoms. The number of amides is 3. The van der Waals surface area contributed by atoms with E-state index in [9.17, 15) is 9.59 Å². The highest BCUT2D eigenvalue weighted by Gasteiger charge is 2.25. The zero-order valence-electron chi connectivity index (χ0n) is 12.6. The van der Waals surface area contributed by atoms with Crippen LogP contribution in [0.25, 0.3) is 0 Å². The number of hydrogen-bond acceptors (Lipinski definition) is 3. The SMILES string of the molecule is C[C@@H]1CCN(C(=O)NCCNC(=O)c2ccn[nH]2)C[C@H]1C. The lowest BCUT2D eigenvalue weighted by atomic mass is 9.89. The molecule has 0 aromatic carbocycles. The number of carbonyl (C=O) groups is 2. The van der Waals surface area contributed by atoms with Gasteiger partial charge in [0.05, 0.1) is 0 Å². The van der Waals surface area contributed by atoms with Crippen molar-refractivity contribution in [2.45, 2.75) is 20.3 Å². The molecule has 2 atom stereocenters. The fourth-order valence-corrected chi connectivity index (χ4v) is 2.38. The molecule has 21 heavy (non-hydrogen) atoms. The quantitative estimate of drug-likeness (QED) is 0.718. The van der Waals surface area contributed by atoms with Gasteiger partial charge in [0.1, 0.15) is 5.69 Å². The monoisotopic (exact) mass is 293 g/mol. The van der Waals surface area contributed by atoms with Crippen LogP contribution in [0.3, 0.4) is 0 Å². The van der Waals surface area contributed by atoms with E-state index in [0.717, 1.165) is 19.5 Å². The van der Waals surface area contributed by atoms with E-state index < -0.39 is 0 Å². The van der Waals surface area contributed by atoms with Crippen molar-refractivity contribution in [3.63, 3.8) is 0 Å². The Balaban J connectivity index is 1.64. The summed E-state index contributed by atoms with van der Waals surface area (Å²) in [4.78, 5) is 25.5. The number of H-pyrrole nitrogens is 1. The van der Waals surface area contributed by atoms with E-state index >= 15 is 0 Å². The molecule has 7 nitrogen and oxygen atoms in total.